The lowest BCUT2D eigenvalue weighted by Crippen LogP contribution is -2.60. The molecule has 0 atom stereocenters. The monoisotopic (exact) mass is 209 g/mol. The average molecular weight is 209 g/mol. The summed E-state index contributed by atoms with van der Waals surface area (Å²) >= 11 is 0. The van der Waals surface area contributed by atoms with Crippen molar-refractivity contribution in [3.8, 4) is 0 Å². The summed E-state index contributed by atoms with van der Waals surface area (Å²) in [5, 5.41) is 10.1. The van der Waals surface area contributed by atoms with Gasteiger partial charge in [-0.1, -0.05) is 12.1 Å². The zero-order valence-corrected chi connectivity index (χ0v) is 8.40. The van der Waals surface area contributed by atoms with Crippen molar-refractivity contribution in [1.29, 1.82) is 0 Å². The summed E-state index contributed by atoms with van der Waals surface area (Å²) in [6, 6.07) is 5.72. The maximum Gasteiger partial charge on any atom is 0.219 e. The Bertz CT molecular complexity index is 382. The van der Waals surface area contributed by atoms with Crippen molar-refractivity contribution in [2.75, 3.05) is 13.1 Å². The van der Waals surface area contributed by atoms with E-state index in [-0.39, 0.29) is 24.8 Å². The molecule has 0 spiro atoms. The van der Waals surface area contributed by atoms with Gasteiger partial charge < -0.3 is 10.0 Å². The number of likely N-dealkylation sites (tertiary alicyclic amines) is 1. The molecule has 0 saturated carbocycles. The van der Waals surface area contributed by atoms with E-state index in [1.807, 2.05) is 0 Å². The van der Waals surface area contributed by atoms with Gasteiger partial charge in [-0.3, -0.25) is 4.79 Å². The first-order valence-corrected chi connectivity index (χ1v) is 4.75. The highest BCUT2D eigenvalue weighted by atomic mass is 19.1. The number of benzene rings is 1. The minimum Gasteiger partial charge on any atom is -0.381 e. The molecule has 0 unspecified atom stereocenters. The fraction of sp³-hybridized carbons (Fsp3) is 0.364. The van der Waals surface area contributed by atoms with E-state index < -0.39 is 5.60 Å². The number of nitrogens with zero attached hydrogens (tertiary/aromatic N) is 1. The van der Waals surface area contributed by atoms with Gasteiger partial charge in [0.2, 0.25) is 5.91 Å². The summed E-state index contributed by atoms with van der Waals surface area (Å²) < 4.78 is 12.7. The number of carbonyl (C=O) groups excluding carboxylic acids is 1. The molecule has 3 nitrogen and oxygen atoms in total. The van der Waals surface area contributed by atoms with E-state index in [2.05, 4.69) is 0 Å². The smallest absolute Gasteiger partial charge is 0.219 e. The summed E-state index contributed by atoms with van der Waals surface area (Å²) in [4.78, 5) is 12.5. The zero-order valence-electron chi connectivity index (χ0n) is 8.40. The van der Waals surface area contributed by atoms with E-state index in [4.69, 9.17) is 0 Å². The van der Waals surface area contributed by atoms with Gasteiger partial charge >= 0.3 is 0 Å². The number of hydrogen-bond donors (Lipinski definition) is 1. The van der Waals surface area contributed by atoms with Crippen LogP contribution in [0.3, 0.4) is 0 Å². The molecule has 1 amide bonds. The van der Waals surface area contributed by atoms with Crippen LogP contribution in [0.25, 0.3) is 0 Å². The van der Waals surface area contributed by atoms with Crippen LogP contribution in [0, 0.1) is 5.82 Å². The van der Waals surface area contributed by atoms with Crippen molar-refractivity contribution >= 4 is 5.91 Å². The van der Waals surface area contributed by atoms with Gasteiger partial charge in [-0.05, 0) is 17.7 Å². The van der Waals surface area contributed by atoms with Gasteiger partial charge in [-0.2, -0.15) is 0 Å². The number of β-amino-alcohol motifs (C(OH)–C–C–N with tert-alkyl or cyclic N) is 1. The van der Waals surface area contributed by atoms with Crippen LogP contribution in [0.4, 0.5) is 4.39 Å². The average Bonchev–Trinajstić information content (AvgIpc) is 2.13. The summed E-state index contributed by atoms with van der Waals surface area (Å²) in [6.45, 7) is 2.03. The number of aliphatic hydroxyl groups is 1. The number of amides is 1. The van der Waals surface area contributed by atoms with Crippen LogP contribution in [0.15, 0.2) is 24.3 Å². The van der Waals surface area contributed by atoms with Crippen molar-refractivity contribution in [2.45, 2.75) is 12.5 Å². The van der Waals surface area contributed by atoms with E-state index in [0.717, 1.165) is 0 Å². The van der Waals surface area contributed by atoms with Crippen LogP contribution < -0.4 is 0 Å². The molecule has 1 N–H and O–H groups in total. The Hall–Kier alpha value is -1.42. The molecule has 1 aliphatic rings. The zero-order chi connectivity index (χ0) is 11.1. The summed E-state index contributed by atoms with van der Waals surface area (Å²) in [6.07, 6.45) is 0. The third kappa shape index (κ3) is 1.72. The molecule has 1 fully saturated rings. The summed E-state index contributed by atoms with van der Waals surface area (Å²) in [5.74, 6) is -0.383. The van der Waals surface area contributed by atoms with E-state index in [1.54, 1.807) is 17.0 Å². The van der Waals surface area contributed by atoms with Crippen molar-refractivity contribution in [3.05, 3.63) is 35.6 Å². The van der Waals surface area contributed by atoms with E-state index >= 15 is 0 Å². The minimum absolute atomic E-state index is 0.0539. The first kappa shape index (κ1) is 10.1. The Balaban J connectivity index is 2.13. The summed E-state index contributed by atoms with van der Waals surface area (Å²) in [7, 11) is 0. The molecule has 1 aromatic rings. The Kier molecular flexibility index (Phi) is 2.23. The first-order chi connectivity index (χ1) is 7.01. The van der Waals surface area contributed by atoms with Crippen LogP contribution in [-0.4, -0.2) is 29.0 Å². The molecule has 1 aliphatic heterocycles. The number of hydrogen-bond acceptors (Lipinski definition) is 2. The molecular formula is C11H12FNO2. The molecule has 1 heterocycles. The second kappa shape index (κ2) is 3.31. The van der Waals surface area contributed by atoms with Crippen molar-refractivity contribution in [1.82, 2.24) is 4.90 Å². The highest BCUT2D eigenvalue weighted by molar-refractivity contribution is 5.74. The van der Waals surface area contributed by atoms with Gasteiger partial charge in [0.1, 0.15) is 11.4 Å². The Morgan fingerprint density at radius 2 is 1.93 bits per heavy atom. The molecule has 80 valence electrons. The van der Waals surface area contributed by atoms with E-state index in [0.29, 0.717) is 5.56 Å². The molecule has 0 aromatic heterocycles. The topological polar surface area (TPSA) is 40.5 Å². The van der Waals surface area contributed by atoms with Crippen LogP contribution >= 0.6 is 0 Å². The van der Waals surface area contributed by atoms with Crippen LogP contribution in [0.5, 0.6) is 0 Å². The number of rotatable bonds is 1. The number of halogens is 1. The fourth-order valence-electron chi connectivity index (χ4n) is 1.75. The Morgan fingerprint density at radius 3 is 2.40 bits per heavy atom. The van der Waals surface area contributed by atoms with Crippen molar-refractivity contribution in [3.63, 3.8) is 0 Å². The van der Waals surface area contributed by atoms with Crippen LogP contribution in [0.1, 0.15) is 12.5 Å². The Morgan fingerprint density at radius 1 is 1.40 bits per heavy atom. The molecule has 15 heavy (non-hydrogen) atoms. The fourth-order valence-corrected chi connectivity index (χ4v) is 1.75. The standard InChI is InChI=1S/C11H12FNO2/c1-8(14)13-6-11(15,7-13)9-2-4-10(12)5-3-9/h2-5,15H,6-7H2,1H3. The largest absolute Gasteiger partial charge is 0.381 e. The molecule has 1 aromatic carbocycles. The van der Waals surface area contributed by atoms with Crippen molar-refractivity contribution in [2.24, 2.45) is 0 Å². The van der Waals surface area contributed by atoms with Crippen LogP contribution in [-0.2, 0) is 10.4 Å². The SMILES string of the molecule is CC(=O)N1CC(O)(c2ccc(F)cc2)C1. The third-order valence-corrected chi connectivity index (χ3v) is 2.73. The first-order valence-electron chi connectivity index (χ1n) is 4.75. The second-order valence-electron chi connectivity index (χ2n) is 3.91. The molecule has 0 bridgehead atoms. The lowest BCUT2D eigenvalue weighted by molar-refractivity contribution is -0.154. The summed E-state index contributed by atoms with van der Waals surface area (Å²) in [5.41, 5.74) is -0.347. The predicted octanol–water partition coefficient (Wildman–Crippen LogP) is 0.875. The van der Waals surface area contributed by atoms with Crippen molar-refractivity contribution < 1.29 is 14.3 Å². The molecule has 4 heteroatoms. The third-order valence-electron chi connectivity index (χ3n) is 2.73. The molecule has 0 radical (unpaired) electrons. The quantitative estimate of drug-likeness (QED) is 0.745. The van der Waals surface area contributed by atoms with Gasteiger partial charge in [0.05, 0.1) is 13.1 Å². The lowest BCUT2D eigenvalue weighted by Gasteiger charge is -2.46. The molecule has 1 saturated heterocycles. The normalized spacial score (nSPS) is 18.5. The minimum atomic E-state index is -1.00. The number of carbonyl (C=O) groups is 1. The van der Waals surface area contributed by atoms with Gasteiger partial charge in [-0.25, -0.2) is 4.39 Å². The van der Waals surface area contributed by atoms with Gasteiger partial charge in [0, 0.05) is 6.92 Å². The maximum absolute atomic E-state index is 12.7. The maximum atomic E-state index is 12.7. The highest BCUT2D eigenvalue weighted by Gasteiger charge is 2.43. The Labute approximate surface area is 87.1 Å². The molecule has 0 aliphatic carbocycles. The van der Waals surface area contributed by atoms with Gasteiger partial charge in [-0.15, -0.1) is 0 Å². The molecule has 2 rings (SSSR count). The highest BCUT2D eigenvalue weighted by Crippen LogP contribution is 2.31. The lowest BCUT2D eigenvalue weighted by atomic mass is 9.86. The molecular weight excluding hydrogens is 197 g/mol. The van der Waals surface area contributed by atoms with E-state index in [9.17, 15) is 14.3 Å². The van der Waals surface area contributed by atoms with E-state index in [1.165, 1.54) is 19.1 Å². The van der Waals surface area contributed by atoms with Gasteiger partial charge in [0.25, 0.3) is 0 Å². The predicted molar refractivity (Wildman–Crippen MR) is 52.6 cm³/mol. The second-order valence-corrected chi connectivity index (χ2v) is 3.91. The van der Waals surface area contributed by atoms with Gasteiger partial charge in [0.15, 0.2) is 0 Å². The van der Waals surface area contributed by atoms with Crippen LogP contribution in [0.2, 0.25) is 0 Å².